The summed E-state index contributed by atoms with van der Waals surface area (Å²) in [7, 11) is -2.34. The summed E-state index contributed by atoms with van der Waals surface area (Å²) >= 11 is 1.50. The van der Waals surface area contributed by atoms with Crippen molar-refractivity contribution >= 4 is 37.4 Å². The van der Waals surface area contributed by atoms with Crippen LogP contribution in [0.4, 0.5) is 5.69 Å². The zero-order chi connectivity index (χ0) is 20.6. The van der Waals surface area contributed by atoms with Gasteiger partial charge in [0.2, 0.25) is 0 Å². The number of nitrogens with one attached hydrogen (secondary N) is 1. The summed E-state index contributed by atoms with van der Waals surface area (Å²) in [6.07, 6.45) is 1.74. The summed E-state index contributed by atoms with van der Waals surface area (Å²) in [5, 5.41) is 0.844. The Hall–Kier alpha value is -2.97. The fraction of sp³-hybridized carbons (Fsp3) is 0.143. The number of anilines is 1. The molecule has 2 aromatic heterocycles. The minimum Gasteiger partial charge on any atom is -0.495 e. The predicted molar refractivity (Wildman–Crippen MR) is 116 cm³/mol. The molecule has 1 N–H and O–H groups in total. The SMILES string of the molecule is COc1ccc(C)cc1S(=O)(=O)Nc1ccc(-c2nc3cccnc3s2)cc1C. The molecule has 2 aromatic carbocycles. The Morgan fingerprint density at radius 3 is 2.62 bits per heavy atom. The van der Waals surface area contributed by atoms with Crippen LogP contribution in [0.2, 0.25) is 0 Å². The fourth-order valence-electron chi connectivity index (χ4n) is 3.00. The molecule has 2 heterocycles. The first-order valence-electron chi connectivity index (χ1n) is 8.87. The number of hydrogen-bond acceptors (Lipinski definition) is 6. The molecule has 0 fully saturated rings. The second kappa shape index (κ2) is 7.46. The monoisotopic (exact) mass is 425 g/mol. The molecule has 0 spiro atoms. The van der Waals surface area contributed by atoms with Crippen LogP contribution >= 0.6 is 11.3 Å². The third-order valence-corrected chi connectivity index (χ3v) is 6.91. The maximum absolute atomic E-state index is 12.9. The van der Waals surface area contributed by atoms with Gasteiger partial charge in [0.1, 0.15) is 26.0 Å². The van der Waals surface area contributed by atoms with Crippen molar-refractivity contribution < 1.29 is 13.2 Å². The lowest BCUT2D eigenvalue weighted by atomic mass is 10.1. The van der Waals surface area contributed by atoms with E-state index < -0.39 is 10.0 Å². The van der Waals surface area contributed by atoms with E-state index in [1.165, 1.54) is 18.4 Å². The summed E-state index contributed by atoms with van der Waals surface area (Å²) in [4.78, 5) is 9.92. The molecule has 6 nitrogen and oxygen atoms in total. The van der Waals surface area contributed by atoms with E-state index in [1.807, 2.05) is 44.2 Å². The third-order valence-electron chi connectivity index (χ3n) is 4.49. The third kappa shape index (κ3) is 3.81. The Morgan fingerprint density at radius 2 is 1.90 bits per heavy atom. The molecule has 0 aliphatic heterocycles. The van der Waals surface area contributed by atoms with Crippen molar-refractivity contribution in [2.75, 3.05) is 11.8 Å². The number of ether oxygens (including phenoxy) is 1. The zero-order valence-electron chi connectivity index (χ0n) is 16.1. The van der Waals surface area contributed by atoms with E-state index in [0.29, 0.717) is 11.4 Å². The van der Waals surface area contributed by atoms with Gasteiger partial charge in [0.25, 0.3) is 10.0 Å². The van der Waals surface area contributed by atoms with Gasteiger partial charge in [0.05, 0.1) is 12.8 Å². The van der Waals surface area contributed by atoms with Crippen molar-refractivity contribution in [1.82, 2.24) is 9.97 Å². The number of aromatic nitrogens is 2. The first-order chi connectivity index (χ1) is 13.9. The van der Waals surface area contributed by atoms with E-state index in [4.69, 9.17) is 4.74 Å². The van der Waals surface area contributed by atoms with Gasteiger partial charge in [-0.25, -0.2) is 18.4 Å². The highest BCUT2D eigenvalue weighted by molar-refractivity contribution is 7.92. The molecular weight excluding hydrogens is 406 g/mol. The van der Waals surface area contributed by atoms with Crippen molar-refractivity contribution in [1.29, 1.82) is 0 Å². The van der Waals surface area contributed by atoms with E-state index in [-0.39, 0.29) is 4.90 Å². The summed E-state index contributed by atoms with van der Waals surface area (Å²) in [6, 6.07) is 14.4. The largest absolute Gasteiger partial charge is 0.495 e. The van der Waals surface area contributed by atoms with Crippen molar-refractivity contribution in [3.8, 4) is 16.3 Å². The van der Waals surface area contributed by atoms with Gasteiger partial charge in [-0.15, -0.1) is 0 Å². The molecule has 0 radical (unpaired) electrons. The van der Waals surface area contributed by atoms with Crippen LogP contribution in [0.3, 0.4) is 0 Å². The van der Waals surface area contributed by atoms with Crippen molar-refractivity contribution in [3.63, 3.8) is 0 Å². The van der Waals surface area contributed by atoms with Gasteiger partial charge in [0, 0.05) is 11.8 Å². The Balaban J connectivity index is 1.67. The Kier molecular flexibility index (Phi) is 4.97. The number of rotatable bonds is 5. The Labute approximate surface area is 173 Å². The number of aryl methyl sites for hydroxylation is 2. The molecule has 0 aliphatic rings. The van der Waals surface area contributed by atoms with Gasteiger partial charge >= 0.3 is 0 Å². The summed E-state index contributed by atoms with van der Waals surface area (Å²) in [6.45, 7) is 3.70. The number of benzene rings is 2. The van der Waals surface area contributed by atoms with Crippen LogP contribution in [0, 0.1) is 13.8 Å². The van der Waals surface area contributed by atoms with Crippen molar-refractivity contribution in [2.45, 2.75) is 18.7 Å². The lowest BCUT2D eigenvalue weighted by Gasteiger charge is -2.14. The molecule has 4 aromatic rings. The number of methoxy groups -OCH3 is 1. The second-order valence-corrected chi connectivity index (χ2v) is 9.26. The van der Waals surface area contributed by atoms with Crippen LogP contribution in [-0.2, 0) is 10.0 Å². The maximum Gasteiger partial charge on any atom is 0.265 e. The van der Waals surface area contributed by atoms with Crippen LogP contribution < -0.4 is 9.46 Å². The molecule has 0 atom stereocenters. The number of nitrogens with zero attached hydrogens (tertiary/aromatic N) is 2. The number of hydrogen-bond donors (Lipinski definition) is 1. The standard InChI is InChI=1S/C21H19N3O3S2/c1-13-6-9-18(27-3)19(11-13)29(25,26)24-16-8-7-15(12-14(16)2)20-23-17-5-4-10-22-21(17)28-20/h4-12,24H,1-3H3. The molecule has 0 aliphatic carbocycles. The normalized spacial score (nSPS) is 11.6. The van der Waals surface area contributed by atoms with Crippen LogP contribution in [0.5, 0.6) is 5.75 Å². The molecule has 29 heavy (non-hydrogen) atoms. The number of pyridine rings is 1. The van der Waals surface area contributed by atoms with Crippen LogP contribution in [0.1, 0.15) is 11.1 Å². The second-order valence-electron chi connectivity index (χ2n) is 6.64. The Morgan fingerprint density at radius 1 is 1.07 bits per heavy atom. The molecular formula is C21H19N3O3S2. The highest BCUT2D eigenvalue weighted by atomic mass is 32.2. The van der Waals surface area contributed by atoms with Gasteiger partial charge in [-0.3, -0.25) is 4.72 Å². The van der Waals surface area contributed by atoms with E-state index in [1.54, 1.807) is 24.4 Å². The average molecular weight is 426 g/mol. The van der Waals surface area contributed by atoms with Gasteiger partial charge in [-0.1, -0.05) is 17.4 Å². The molecule has 0 unspecified atom stereocenters. The van der Waals surface area contributed by atoms with E-state index in [2.05, 4.69) is 14.7 Å². The molecule has 4 rings (SSSR count). The topological polar surface area (TPSA) is 81.2 Å². The van der Waals surface area contributed by atoms with Crippen molar-refractivity contribution in [3.05, 3.63) is 65.9 Å². The smallest absolute Gasteiger partial charge is 0.265 e. The summed E-state index contributed by atoms with van der Waals surface area (Å²) < 4.78 is 33.8. The molecule has 8 heteroatoms. The van der Waals surface area contributed by atoms with Gasteiger partial charge < -0.3 is 4.74 Å². The number of sulfonamides is 1. The molecule has 148 valence electrons. The molecule has 0 saturated carbocycles. The first-order valence-corrected chi connectivity index (χ1v) is 11.2. The van der Waals surface area contributed by atoms with Crippen LogP contribution in [-0.4, -0.2) is 25.5 Å². The lowest BCUT2D eigenvalue weighted by Crippen LogP contribution is -2.15. The average Bonchev–Trinajstić information content (AvgIpc) is 3.13. The highest BCUT2D eigenvalue weighted by Gasteiger charge is 2.21. The van der Waals surface area contributed by atoms with E-state index >= 15 is 0 Å². The number of fused-ring (bicyclic) bond motifs is 1. The van der Waals surface area contributed by atoms with Crippen LogP contribution in [0.15, 0.2) is 59.6 Å². The molecule has 0 amide bonds. The minimum atomic E-state index is -3.80. The minimum absolute atomic E-state index is 0.112. The quantitative estimate of drug-likeness (QED) is 0.497. The molecule has 0 saturated heterocycles. The molecule has 0 bridgehead atoms. The maximum atomic E-state index is 12.9. The first kappa shape index (κ1) is 19.4. The van der Waals surface area contributed by atoms with Gasteiger partial charge in [0.15, 0.2) is 0 Å². The van der Waals surface area contributed by atoms with E-state index in [9.17, 15) is 8.42 Å². The van der Waals surface area contributed by atoms with Gasteiger partial charge in [-0.05, 0) is 67.4 Å². The zero-order valence-corrected chi connectivity index (χ0v) is 17.8. The summed E-state index contributed by atoms with van der Waals surface area (Å²) in [5.74, 6) is 0.305. The van der Waals surface area contributed by atoms with Gasteiger partial charge in [-0.2, -0.15) is 0 Å². The summed E-state index contributed by atoms with van der Waals surface area (Å²) in [5.41, 5.74) is 3.91. The van der Waals surface area contributed by atoms with E-state index in [0.717, 1.165) is 32.0 Å². The predicted octanol–water partition coefficient (Wildman–Crippen LogP) is 4.78. The Bertz CT molecular complexity index is 1280. The number of thiazole rings is 1. The van der Waals surface area contributed by atoms with Crippen molar-refractivity contribution in [2.24, 2.45) is 0 Å². The fourth-order valence-corrected chi connectivity index (χ4v) is 5.29. The van der Waals surface area contributed by atoms with Crippen LogP contribution in [0.25, 0.3) is 20.9 Å². The lowest BCUT2D eigenvalue weighted by molar-refractivity contribution is 0.402. The highest BCUT2D eigenvalue weighted by Crippen LogP contribution is 2.32.